The van der Waals surface area contributed by atoms with Crippen LogP contribution in [-0.4, -0.2) is 53.6 Å². The Morgan fingerprint density at radius 1 is 1.59 bits per heavy atom. The zero-order valence-corrected chi connectivity index (χ0v) is 9.83. The minimum Gasteiger partial charge on any atom is -0.387 e. The van der Waals surface area contributed by atoms with E-state index >= 15 is 0 Å². The minimum atomic E-state index is -2.63. The van der Waals surface area contributed by atoms with Gasteiger partial charge >= 0.3 is 0 Å². The van der Waals surface area contributed by atoms with E-state index < -0.39 is 42.7 Å². The molecule has 2 heterocycles. The van der Waals surface area contributed by atoms with Crippen LogP contribution in [0.1, 0.15) is 6.42 Å². The first-order chi connectivity index (χ1) is 8.02. The number of aliphatic hydroxyl groups excluding tert-OH is 1. The molecule has 17 heavy (non-hydrogen) atoms. The molecule has 98 valence electrons. The minimum absolute atomic E-state index is 0.493. The van der Waals surface area contributed by atoms with Crippen molar-refractivity contribution in [3.8, 4) is 0 Å². The van der Waals surface area contributed by atoms with Crippen molar-refractivity contribution in [3.05, 3.63) is 0 Å². The molecule has 0 spiro atoms. The van der Waals surface area contributed by atoms with E-state index in [0.29, 0.717) is 5.17 Å². The summed E-state index contributed by atoms with van der Waals surface area (Å²) in [6.45, 7) is 0. The van der Waals surface area contributed by atoms with Gasteiger partial charge in [-0.15, -0.1) is 0 Å². The van der Waals surface area contributed by atoms with Crippen molar-refractivity contribution in [3.63, 3.8) is 0 Å². The summed E-state index contributed by atoms with van der Waals surface area (Å²) in [5.74, 6) is 0. The van der Waals surface area contributed by atoms with Crippen molar-refractivity contribution >= 4 is 16.9 Å². The Hall–Kier alpha value is -0.470. The molecule has 0 saturated carbocycles. The van der Waals surface area contributed by atoms with Crippen molar-refractivity contribution < 1.29 is 23.0 Å². The third kappa shape index (κ3) is 2.53. The number of halogens is 3. The quantitative estimate of drug-likeness (QED) is 0.777. The molecule has 0 aromatic carbocycles. The highest BCUT2D eigenvalue weighted by atomic mass is 32.2. The standard InChI is InChI=1S/C9H13F3N2O2S/c1-13-9-14-6-5(12)7(15)3(2-4(10)11)16-8(6)17-9/h3-8,15H,2H2,1H3,(H,13,14). The molecule has 0 aromatic rings. The molecule has 0 bridgehead atoms. The van der Waals surface area contributed by atoms with Crippen LogP contribution in [0.3, 0.4) is 0 Å². The van der Waals surface area contributed by atoms with Gasteiger partial charge in [-0.3, -0.25) is 4.99 Å². The predicted molar refractivity (Wildman–Crippen MR) is 58.1 cm³/mol. The molecule has 0 radical (unpaired) electrons. The van der Waals surface area contributed by atoms with E-state index in [9.17, 15) is 18.3 Å². The Kier molecular flexibility index (Phi) is 3.84. The van der Waals surface area contributed by atoms with Crippen LogP contribution >= 0.6 is 11.8 Å². The molecule has 2 N–H and O–H groups in total. The second kappa shape index (κ2) is 5.03. The molecule has 0 amide bonds. The normalized spacial score (nSPS) is 43.9. The lowest BCUT2D eigenvalue weighted by molar-refractivity contribution is -0.147. The van der Waals surface area contributed by atoms with Gasteiger partial charge in [0.1, 0.15) is 11.5 Å². The molecule has 5 unspecified atom stereocenters. The van der Waals surface area contributed by atoms with Crippen molar-refractivity contribution in [2.75, 3.05) is 7.05 Å². The third-order valence-corrected chi connectivity index (χ3v) is 3.94. The second-order valence-corrected chi connectivity index (χ2v) is 5.01. The van der Waals surface area contributed by atoms with E-state index in [4.69, 9.17) is 4.74 Å². The monoisotopic (exact) mass is 270 g/mol. The summed E-state index contributed by atoms with van der Waals surface area (Å²) in [7, 11) is 1.53. The Bertz CT molecular complexity index is 319. The molecule has 4 nitrogen and oxygen atoms in total. The summed E-state index contributed by atoms with van der Waals surface area (Å²) in [4.78, 5) is 3.85. The van der Waals surface area contributed by atoms with Crippen LogP contribution in [0.15, 0.2) is 4.99 Å². The van der Waals surface area contributed by atoms with Crippen LogP contribution in [-0.2, 0) is 4.74 Å². The summed E-state index contributed by atoms with van der Waals surface area (Å²) in [6, 6.07) is -0.734. The Labute approximate surface area is 101 Å². The van der Waals surface area contributed by atoms with Crippen molar-refractivity contribution in [2.24, 2.45) is 4.99 Å². The van der Waals surface area contributed by atoms with Gasteiger partial charge in [0, 0.05) is 13.5 Å². The fourth-order valence-electron chi connectivity index (χ4n) is 1.93. The van der Waals surface area contributed by atoms with Crippen LogP contribution in [0.25, 0.3) is 0 Å². The SMILES string of the molecule is CN=C1NC2C(OC(CC(F)F)C(O)C2F)S1. The molecule has 0 aromatic heterocycles. The molecule has 2 fully saturated rings. The molecular formula is C9H13F3N2O2S. The van der Waals surface area contributed by atoms with E-state index in [0.717, 1.165) is 11.8 Å². The van der Waals surface area contributed by atoms with E-state index in [1.165, 1.54) is 7.05 Å². The number of amidine groups is 1. The average Bonchev–Trinajstić information content (AvgIpc) is 2.68. The van der Waals surface area contributed by atoms with E-state index in [-0.39, 0.29) is 0 Å². The van der Waals surface area contributed by atoms with Gasteiger partial charge in [-0.05, 0) is 0 Å². The predicted octanol–water partition coefficient (Wildman–Crippen LogP) is 0.756. The van der Waals surface area contributed by atoms with E-state index in [1.54, 1.807) is 0 Å². The molecule has 5 atom stereocenters. The lowest BCUT2D eigenvalue weighted by atomic mass is 9.97. The third-order valence-electron chi connectivity index (χ3n) is 2.78. The highest BCUT2D eigenvalue weighted by Gasteiger charge is 2.50. The highest BCUT2D eigenvalue weighted by Crippen LogP contribution is 2.36. The summed E-state index contributed by atoms with van der Waals surface area (Å²) in [6.07, 6.45) is -7.63. The van der Waals surface area contributed by atoms with E-state index in [2.05, 4.69) is 10.3 Å². The van der Waals surface area contributed by atoms with Crippen LogP contribution in [0.5, 0.6) is 0 Å². The summed E-state index contributed by atoms with van der Waals surface area (Å²) >= 11 is 1.15. The first kappa shape index (κ1) is 13.0. The maximum absolute atomic E-state index is 13.8. The fourth-order valence-corrected chi connectivity index (χ4v) is 3.02. The van der Waals surface area contributed by atoms with Crippen molar-refractivity contribution in [1.29, 1.82) is 0 Å². The number of aliphatic imine (C=N–C) groups is 1. The molecule has 2 saturated heterocycles. The number of hydrogen-bond donors (Lipinski definition) is 2. The maximum Gasteiger partial charge on any atom is 0.241 e. The molecule has 0 aliphatic carbocycles. The smallest absolute Gasteiger partial charge is 0.241 e. The summed E-state index contributed by atoms with van der Waals surface area (Å²) < 4.78 is 43.6. The Morgan fingerprint density at radius 2 is 2.29 bits per heavy atom. The first-order valence-electron chi connectivity index (χ1n) is 5.18. The molecule has 2 aliphatic heterocycles. The maximum atomic E-state index is 13.8. The number of ether oxygens (including phenoxy) is 1. The zero-order chi connectivity index (χ0) is 12.6. The van der Waals surface area contributed by atoms with Gasteiger partial charge in [-0.2, -0.15) is 0 Å². The van der Waals surface area contributed by atoms with E-state index in [1.807, 2.05) is 0 Å². The van der Waals surface area contributed by atoms with Gasteiger partial charge in [-0.25, -0.2) is 13.2 Å². The number of fused-ring (bicyclic) bond motifs is 1. The van der Waals surface area contributed by atoms with Crippen molar-refractivity contribution in [1.82, 2.24) is 5.32 Å². The van der Waals surface area contributed by atoms with Crippen molar-refractivity contribution in [2.45, 2.75) is 42.7 Å². The largest absolute Gasteiger partial charge is 0.387 e. The number of nitrogens with zero attached hydrogens (tertiary/aromatic N) is 1. The van der Waals surface area contributed by atoms with Gasteiger partial charge < -0.3 is 15.2 Å². The van der Waals surface area contributed by atoms with Crippen LogP contribution < -0.4 is 5.32 Å². The van der Waals surface area contributed by atoms with Gasteiger partial charge in [0.2, 0.25) is 6.43 Å². The first-order valence-corrected chi connectivity index (χ1v) is 6.06. The number of aliphatic hydroxyl groups is 1. The second-order valence-electron chi connectivity index (χ2n) is 3.92. The Morgan fingerprint density at radius 3 is 2.88 bits per heavy atom. The summed E-state index contributed by atoms with van der Waals surface area (Å²) in [5, 5.41) is 12.8. The molecule has 8 heteroatoms. The average molecular weight is 270 g/mol. The van der Waals surface area contributed by atoms with Gasteiger partial charge in [0.05, 0.1) is 12.1 Å². The lowest BCUT2D eigenvalue weighted by Crippen LogP contribution is -2.57. The number of hydrogen-bond acceptors (Lipinski definition) is 4. The number of nitrogens with one attached hydrogen (secondary N) is 1. The highest BCUT2D eigenvalue weighted by molar-refractivity contribution is 8.14. The van der Waals surface area contributed by atoms with Crippen LogP contribution in [0.2, 0.25) is 0 Å². The molecule has 2 rings (SSSR count). The number of thioether (sulfide) groups is 1. The summed E-state index contributed by atoms with van der Waals surface area (Å²) in [5.41, 5.74) is -0.615. The number of alkyl halides is 3. The lowest BCUT2D eigenvalue weighted by Gasteiger charge is -2.37. The molecular weight excluding hydrogens is 257 g/mol. The van der Waals surface area contributed by atoms with Gasteiger partial charge in [0.25, 0.3) is 0 Å². The van der Waals surface area contributed by atoms with Gasteiger partial charge in [-0.1, -0.05) is 11.8 Å². The van der Waals surface area contributed by atoms with Gasteiger partial charge in [0.15, 0.2) is 11.3 Å². The molecule has 2 aliphatic rings. The topological polar surface area (TPSA) is 53.9 Å². The Balaban J connectivity index is 2.08. The zero-order valence-electron chi connectivity index (χ0n) is 9.02. The number of rotatable bonds is 2. The van der Waals surface area contributed by atoms with Crippen LogP contribution in [0.4, 0.5) is 13.2 Å². The fraction of sp³-hybridized carbons (Fsp3) is 0.889. The van der Waals surface area contributed by atoms with Crippen LogP contribution in [0, 0.1) is 0 Å².